The molecule has 0 saturated heterocycles. The SMILES string of the molecule is NC[C@H](Cc1ccc(C2CC2)cc1)NC(=O)c1cc2c(s1)CCCn1ncc(C3CC3)c1-2. The number of hydrogen-bond donors (Lipinski definition) is 2. The van der Waals surface area contributed by atoms with Crippen LogP contribution in [-0.2, 0) is 19.4 Å². The third kappa shape index (κ3) is 3.90. The number of nitrogens with one attached hydrogen (secondary N) is 1. The molecule has 5 nitrogen and oxygen atoms in total. The summed E-state index contributed by atoms with van der Waals surface area (Å²) in [6.07, 6.45) is 10.0. The molecule has 1 aromatic carbocycles. The molecule has 0 bridgehead atoms. The first-order chi connectivity index (χ1) is 15.7. The molecule has 3 N–H and O–H groups in total. The number of carbonyl (C=O) groups is 1. The van der Waals surface area contributed by atoms with Crippen molar-refractivity contribution < 1.29 is 4.79 Å². The highest BCUT2D eigenvalue weighted by Crippen LogP contribution is 2.47. The van der Waals surface area contributed by atoms with Gasteiger partial charge in [0.1, 0.15) is 0 Å². The smallest absolute Gasteiger partial charge is 0.261 e. The molecule has 2 aromatic heterocycles. The number of aromatic nitrogens is 2. The maximum absolute atomic E-state index is 13.2. The van der Waals surface area contributed by atoms with Crippen molar-refractivity contribution in [2.75, 3.05) is 6.54 Å². The summed E-state index contributed by atoms with van der Waals surface area (Å²) >= 11 is 1.64. The number of rotatable bonds is 7. The van der Waals surface area contributed by atoms with Gasteiger partial charge in [0, 0.05) is 35.1 Å². The third-order valence-electron chi connectivity index (χ3n) is 7.08. The van der Waals surface area contributed by atoms with Crippen molar-refractivity contribution in [2.45, 2.75) is 69.4 Å². The van der Waals surface area contributed by atoms with E-state index in [9.17, 15) is 4.79 Å². The van der Waals surface area contributed by atoms with Gasteiger partial charge in [-0.25, -0.2) is 0 Å². The van der Waals surface area contributed by atoms with Gasteiger partial charge >= 0.3 is 0 Å². The van der Waals surface area contributed by atoms with Crippen molar-refractivity contribution in [3.63, 3.8) is 0 Å². The van der Waals surface area contributed by atoms with E-state index < -0.39 is 0 Å². The second kappa shape index (κ2) is 8.16. The highest BCUT2D eigenvalue weighted by Gasteiger charge is 2.32. The van der Waals surface area contributed by atoms with E-state index in [1.54, 1.807) is 11.3 Å². The summed E-state index contributed by atoms with van der Waals surface area (Å²) in [5.41, 5.74) is 12.5. The van der Waals surface area contributed by atoms with Crippen LogP contribution in [0.2, 0.25) is 0 Å². The molecule has 0 radical (unpaired) electrons. The molecule has 2 saturated carbocycles. The van der Waals surface area contributed by atoms with Gasteiger partial charge < -0.3 is 11.1 Å². The normalized spacial score (nSPS) is 18.5. The van der Waals surface area contributed by atoms with Crippen LogP contribution in [0.1, 0.15) is 75.2 Å². The zero-order chi connectivity index (χ0) is 21.7. The molecule has 0 unspecified atom stereocenters. The molecule has 6 rings (SSSR count). The van der Waals surface area contributed by atoms with E-state index in [0.717, 1.165) is 36.6 Å². The molecule has 2 aliphatic carbocycles. The first-order valence-corrected chi connectivity index (χ1v) is 12.8. The zero-order valence-corrected chi connectivity index (χ0v) is 19.2. The van der Waals surface area contributed by atoms with Crippen LogP contribution in [-0.4, -0.2) is 28.3 Å². The average Bonchev–Trinajstić information content (AvgIpc) is 3.74. The topological polar surface area (TPSA) is 72.9 Å². The molecule has 166 valence electrons. The van der Waals surface area contributed by atoms with Gasteiger partial charge in [0.15, 0.2) is 0 Å². The second-order valence-electron chi connectivity index (χ2n) is 9.62. The molecule has 1 aliphatic heterocycles. The molecule has 32 heavy (non-hydrogen) atoms. The zero-order valence-electron chi connectivity index (χ0n) is 18.3. The fourth-order valence-corrected chi connectivity index (χ4v) is 6.06. The number of thiophene rings is 1. The first-order valence-electron chi connectivity index (χ1n) is 12.0. The molecule has 2 fully saturated rings. The largest absolute Gasteiger partial charge is 0.347 e. The van der Waals surface area contributed by atoms with Gasteiger partial charge in [0.25, 0.3) is 5.91 Å². The van der Waals surface area contributed by atoms with Crippen molar-refractivity contribution in [3.8, 4) is 11.3 Å². The van der Waals surface area contributed by atoms with Gasteiger partial charge in [0.2, 0.25) is 0 Å². The Balaban J connectivity index is 1.19. The summed E-state index contributed by atoms with van der Waals surface area (Å²) in [6, 6.07) is 10.9. The van der Waals surface area contributed by atoms with Gasteiger partial charge in [-0.3, -0.25) is 9.48 Å². The van der Waals surface area contributed by atoms with Crippen LogP contribution in [0.25, 0.3) is 11.3 Å². The summed E-state index contributed by atoms with van der Waals surface area (Å²) in [7, 11) is 0. The van der Waals surface area contributed by atoms with Gasteiger partial charge in [-0.15, -0.1) is 11.3 Å². The standard InChI is InChI=1S/C26H30N4OS/c27-14-20(12-16-3-5-17(6-4-16)18-7-8-18)29-26(31)24-13-21-23(32-24)2-1-11-30-25(21)22(15-28-30)19-9-10-19/h3-6,13,15,18-20H,1-2,7-12,14,27H2,(H,29,31)/t20-/m0/s1. The summed E-state index contributed by atoms with van der Waals surface area (Å²) < 4.78 is 2.15. The number of nitrogens with two attached hydrogens (primary N) is 1. The van der Waals surface area contributed by atoms with Crippen LogP contribution in [0, 0.1) is 0 Å². The molecule has 1 atom stereocenters. The van der Waals surface area contributed by atoms with Crippen LogP contribution in [0.15, 0.2) is 36.5 Å². The van der Waals surface area contributed by atoms with Crippen molar-refractivity contribution in [1.29, 1.82) is 0 Å². The van der Waals surface area contributed by atoms with Crippen LogP contribution >= 0.6 is 11.3 Å². The molecule has 3 heterocycles. The van der Waals surface area contributed by atoms with Crippen molar-refractivity contribution in [3.05, 3.63) is 63.0 Å². The molecule has 3 aromatic rings. The molecular weight excluding hydrogens is 416 g/mol. The molecule has 3 aliphatic rings. The number of carbonyl (C=O) groups excluding carboxylic acids is 1. The fourth-order valence-electron chi connectivity index (χ4n) is 4.95. The lowest BCUT2D eigenvalue weighted by Crippen LogP contribution is -2.41. The maximum Gasteiger partial charge on any atom is 0.261 e. The third-order valence-corrected chi connectivity index (χ3v) is 8.27. The van der Waals surface area contributed by atoms with Crippen molar-refractivity contribution >= 4 is 17.2 Å². The predicted molar refractivity (Wildman–Crippen MR) is 128 cm³/mol. The Labute approximate surface area is 193 Å². The monoisotopic (exact) mass is 446 g/mol. The van der Waals surface area contributed by atoms with E-state index in [0.29, 0.717) is 12.5 Å². The summed E-state index contributed by atoms with van der Waals surface area (Å²) in [5, 5.41) is 7.86. The Kier molecular flexibility index (Phi) is 5.15. The Morgan fingerprint density at radius 3 is 2.69 bits per heavy atom. The van der Waals surface area contributed by atoms with Gasteiger partial charge in [0.05, 0.1) is 16.8 Å². The number of aryl methyl sites for hydroxylation is 2. The Hall–Kier alpha value is -2.44. The minimum Gasteiger partial charge on any atom is -0.347 e. The lowest BCUT2D eigenvalue weighted by atomic mass is 10.0. The van der Waals surface area contributed by atoms with E-state index in [2.05, 4.69) is 51.6 Å². The summed E-state index contributed by atoms with van der Waals surface area (Å²) in [5.74, 6) is 1.40. The van der Waals surface area contributed by atoms with E-state index in [1.807, 2.05) is 0 Å². The molecular formula is C26H30N4OS. The first kappa shape index (κ1) is 20.2. The Bertz CT molecular complexity index is 1140. The molecule has 1 amide bonds. The molecule has 0 spiro atoms. The number of fused-ring (bicyclic) bond motifs is 3. The van der Waals surface area contributed by atoms with E-state index in [-0.39, 0.29) is 11.9 Å². The highest BCUT2D eigenvalue weighted by atomic mass is 32.1. The minimum atomic E-state index is -0.0660. The van der Waals surface area contributed by atoms with Gasteiger partial charge in [-0.2, -0.15) is 5.10 Å². The lowest BCUT2D eigenvalue weighted by molar-refractivity contribution is 0.0942. The van der Waals surface area contributed by atoms with E-state index >= 15 is 0 Å². The number of nitrogens with zero attached hydrogens (tertiary/aromatic N) is 2. The Morgan fingerprint density at radius 2 is 1.97 bits per heavy atom. The van der Waals surface area contributed by atoms with Crippen molar-refractivity contribution in [1.82, 2.24) is 15.1 Å². The highest BCUT2D eigenvalue weighted by molar-refractivity contribution is 7.14. The fraction of sp³-hybridized carbons (Fsp3) is 0.462. The van der Waals surface area contributed by atoms with Crippen LogP contribution < -0.4 is 11.1 Å². The van der Waals surface area contributed by atoms with E-state index in [1.165, 1.54) is 58.5 Å². The minimum absolute atomic E-state index is 0.00726. The van der Waals surface area contributed by atoms with Gasteiger partial charge in [-0.05, 0) is 74.0 Å². The second-order valence-corrected chi connectivity index (χ2v) is 10.8. The maximum atomic E-state index is 13.2. The van der Waals surface area contributed by atoms with Crippen molar-refractivity contribution in [2.24, 2.45) is 5.73 Å². The Morgan fingerprint density at radius 1 is 1.19 bits per heavy atom. The predicted octanol–water partition coefficient (Wildman–Crippen LogP) is 4.61. The van der Waals surface area contributed by atoms with Crippen LogP contribution in [0.5, 0.6) is 0 Å². The lowest BCUT2D eigenvalue weighted by Gasteiger charge is -2.17. The molecule has 6 heteroatoms. The number of amides is 1. The summed E-state index contributed by atoms with van der Waals surface area (Å²) in [4.78, 5) is 15.3. The van der Waals surface area contributed by atoms with Crippen LogP contribution in [0.4, 0.5) is 0 Å². The number of benzene rings is 1. The van der Waals surface area contributed by atoms with E-state index in [4.69, 9.17) is 5.73 Å². The van der Waals surface area contributed by atoms with Crippen LogP contribution in [0.3, 0.4) is 0 Å². The number of hydrogen-bond acceptors (Lipinski definition) is 4. The average molecular weight is 447 g/mol. The summed E-state index contributed by atoms with van der Waals surface area (Å²) in [6.45, 7) is 1.39. The quantitative estimate of drug-likeness (QED) is 0.557. The van der Waals surface area contributed by atoms with Gasteiger partial charge in [-0.1, -0.05) is 24.3 Å².